The van der Waals surface area contributed by atoms with Crippen LogP contribution in [0.25, 0.3) is 11.0 Å². The molecule has 6 heteroatoms. The molecule has 2 aromatic carbocycles. The first-order valence-electron chi connectivity index (χ1n) is 8.23. The Hall–Kier alpha value is -3.41. The molecule has 0 saturated carbocycles. The summed E-state index contributed by atoms with van der Waals surface area (Å²) in [6.45, 7) is 0.221. The van der Waals surface area contributed by atoms with Crippen molar-refractivity contribution in [2.24, 2.45) is 0 Å². The molecule has 1 N–H and O–H groups in total. The number of aliphatic carboxylic acids is 1. The zero-order valence-corrected chi connectivity index (χ0v) is 13.7. The van der Waals surface area contributed by atoms with Crippen LogP contribution in [-0.2, 0) is 4.79 Å². The molecule has 6 nitrogen and oxygen atoms in total. The van der Waals surface area contributed by atoms with Crippen molar-refractivity contribution in [2.75, 3.05) is 11.4 Å². The van der Waals surface area contributed by atoms with Crippen LogP contribution in [0.3, 0.4) is 0 Å². The molecule has 0 spiro atoms. The molecule has 0 bridgehead atoms. The minimum absolute atomic E-state index is 0.0627. The van der Waals surface area contributed by atoms with Gasteiger partial charge in [-0.2, -0.15) is 0 Å². The van der Waals surface area contributed by atoms with Crippen LogP contribution < -0.4 is 10.5 Å². The third-order valence-electron chi connectivity index (χ3n) is 4.66. The molecule has 0 aliphatic carbocycles. The van der Waals surface area contributed by atoms with Crippen molar-refractivity contribution in [1.29, 1.82) is 0 Å². The first kappa shape index (κ1) is 16.1. The molecule has 0 fully saturated rings. The second-order valence-electron chi connectivity index (χ2n) is 6.18. The zero-order valence-electron chi connectivity index (χ0n) is 13.7. The number of amides is 1. The number of fused-ring (bicyclic) bond motifs is 2. The van der Waals surface area contributed by atoms with Crippen molar-refractivity contribution in [3.63, 3.8) is 0 Å². The van der Waals surface area contributed by atoms with Gasteiger partial charge >= 0.3 is 11.6 Å². The maximum Gasteiger partial charge on any atom is 0.349 e. The minimum Gasteiger partial charge on any atom is -0.481 e. The number of carboxylic acid groups (broad SMARTS) is 1. The van der Waals surface area contributed by atoms with Gasteiger partial charge in [-0.15, -0.1) is 0 Å². The zero-order chi connectivity index (χ0) is 18.3. The highest BCUT2D eigenvalue weighted by Gasteiger charge is 2.33. The highest BCUT2D eigenvalue weighted by atomic mass is 16.4. The van der Waals surface area contributed by atoms with E-state index in [0.717, 1.165) is 0 Å². The van der Waals surface area contributed by atoms with Crippen LogP contribution >= 0.6 is 0 Å². The Morgan fingerprint density at radius 1 is 1.08 bits per heavy atom. The molecule has 1 atom stereocenters. The third kappa shape index (κ3) is 2.56. The van der Waals surface area contributed by atoms with Crippen molar-refractivity contribution in [2.45, 2.75) is 12.3 Å². The molecule has 1 amide bonds. The molecule has 4 rings (SSSR count). The number of para-hydroxylation sites is 2. The molecule has 130 valence electrons. The molecule has 2 heterocycles. The van der Waals surface area contributed by atoms with E-state index in [2.05, 4.69) is 0 Å². The molecule has 26 heavy (non-hydrogen) atoms. The molecular weight excluding hydrogens is 334 g/mol. The standard InChI is InChI=1S/C20H15NO5/c22-18(15-11-12-5-1-4-8-17(12)26-20(15)25)21-10-9-14(19(23)24)13-6-2-3-7-16(13)21/h1-8,11,14H,9-10H2,(H,23,24). The Morgan fingerprint density at radius 2 is 1.81 bits per heavy atom. The number of carboxylic acids is 1. The number of hydrogen-bond acceptors (Lipinski definition) is 4. The average Bonchev–Trinajstić information content (AvgIpc) is 2.66. The van der Waals surface area contributed by atoms with Crippen molar-refractivity contribution in [3.05, 3.63) is 76.1 Å². The van der Waals surface area contributed by atoms with Crippen molar-refractivity contribution >= 4 is 28.5 Å². The van der Waals surface area contributed by atoms with E-state index in [4.69, 9.17) is 4.42 Å². The summed E-state index contributed by atoms with van der Waals surface area (Å²) in [6.07, 6.45) is 0.289. The Kier molecular flexibility index (Phi) is 3.80. The van der Waals surface area contributed by atoms with Gasteiger partial charge in [-0.05, 0) is 30.2 Å². The predicted octanol–water partition coefficient (Wildman–Crippen LogP) is 3.01. The van der Waals surface area contributed by atoms with Crippen LogP contribution in [0.15, 0.2) is 63.8 Å². The van der Waals surface area contributed by atoms with Crippen molar-refractivity contribution in [1.82, 2.24) is 0 Å². The summed E-state index contributed by atoms with van der Waals surface area (Å²) in [5, 5.41) is 10.1. The lowest BCUT2D eigenvalue weighted by molar-refractivity contribution is -0.139. The van der Waals surface area contributed by atoms with E-state index in [0.29, 0.717) is 22.2 Å². The van der Waals surface area contributed by atoms with Gasteiger partial charge in [0.25, 0.3) is 5.91 Å². The van der Waals surface area contributed by atoms with Crippen LogP contribution in [0.2, 0.25) is 0 Å². The van der Waals surface area contributed by atoms with Crippen molar-refractivity contribution in [3.8, 4) is 0 Å². The number of carbonyl (C=O) groups is 2. The van der Waals surface area contributed by atoms with E-state index >= 15 is 0 Å². The number of benzene rings is 2. The van der Waals surface area contributed by atoms with Gasteiger partial charge in [0.15, 0.2) is 0 Å². The van der Waals surface area contributed by atoms with Crippen LogP contribution in [0.4, 0.5) is 5.69 Å². The quantitative estimate of drug-likeness (QED) is 0.719. The molecule has 1 aliphatic heterocycles. The fraction of sp³-hybridized carbons (Fsp3) is 0.150. The van der Waals surface area contributed by atoms with Gasteiger partial charge in [0.1, 0.15) is 11.1 Å². The van der Waals surface area contributed by atoms with E-state index in [-0.39, 0.29) is 18.5 Å². The number of nitrogens with zero attached hydrogens (tertiary/aromatic N) is 1. The van der Waals surface area contributed by atoms with E-state index < -0.39 is 23.4 Å². The van der Waals surface area contributed by atoms with Crippen molar-refractivity contribution < 1.29 is 19.1 Å². The molecule has 0 saturated heterocycles. The second-order valence-corrected chi connectivity index (χ2v) is 6.18. The van der Waals surface area contributed by atoms with E-state index in [1.54, 1.807) is 48.5 Å². The fourth-order valence-corrected chi connectivity index (χ4v) is 3.39. The lowest BCUT2D eigenvalue weighted by Gasteiger charge is -2.32. The van der Waals surface area contributed by atoms with E-state index in [1.807, 2.05) is 0 Å². The predicted molar refractivity (Wildman–Crippen MR) is 95.6 cm³/mol. The lowest BCUT2D eigenvalue weighted by atomic mass is 9.89. The topological polar surface area (TPSA) is 87.8 Å². The number of rotatable bonds is 2. The molecular formula is C20H15NO5. The van der Waals surface area contributed by atoms with Gasteiger partial charge < -0.3 is 14.4 Å². The monoisotopic (exact) mass is 349 g/mol. The van der Waals surface area contributed by atoms with E-state index in [1.165, 1.54) is 11.0 Å². The highest BCUT2D eigenvalue weighted by molar-refractivity contribution is 6.08. The number of hydrogen-bond donors (Lipinski definition) is 1. The molecule has 1 aromatic heterocycles. The highest BCUT2D eigenvalue weighted by Crippen LogP contribution is 2.36. The van der Waals surface area contributed by atoms with Crippen LogP contribution in [-0.4, -0.2) is 23.5 Å². The van der Waals surface area contributed by atoms with Gasteiger partial charge in [0.2, 0.25) is 0 Å². The normalized spacial score (nSPS) is 16.3. The summed E-state index contributed by atoms with van der Waals surface area (Å²) in [6, 6.07) is 15.4. The van der Waals surface area contributed by atoms with Gasteiger partial charge in [0, 0.05) is 17.6 Å². The van der Waals surface area contributed by atoms with Crippen LogP contribution in [0.1, 0.15) is 28.3 Å². The van der Waals surface area contributed by atoms with Crippen LogP contribution in [0, 0.1) is 0 Å². The maximum atomic E-state index is 13.0. The average molecular weight is 349 g/mol. The number of carbonyl (C=O) groups excluding carboxylic acids is 1. The first-order valence-corrected chi connectivity index (χ1v) is 8.23. The SMILES string of the molecule is O=C(O)C1CCN(C(=O)c2cc3ccccc3oc2=O)c2ccccc21. The Morgan fingerprint density at radius 3 is 2.62 bits per heavy atom. The summed E-state index contributed by atoms with van der Waals surface area (Å²) in [5.41, 5.74) is 0.742. The smallest absolute Gasteiger partial charge is 0.349 e. The summed E-state index contributed by atoms with van der Waals surface area (Å²) in [7, 11) is 0. The molecule has 0 radical (unpaired) electrons. The van der Waals surface area contributed by atoms with Gasteiger partial charge in [-0.25, -0.2) is 4.79 Å². The summed E-state index contributed by atoms with van der Waals surface area (Å²) in [5.74, 6) is -2.07. The first-order chi connectivity index (χ1) is 12.6. The summed E-state index contributed by atoms with van der Waals surface area (Å²) < 4.78 is 5.25. The second kappa shape index (κ2) is 6.15. The van der Waals surface area contributed by atoms with Gasteiger partial charge in [0.05, 0.1) is 5.92 Å². The Labute approximate surface area is 148 Å². The Balaban J connectivity index is 1.80. The third-order valence-corrected chi connectivity index (χ3v) is 4.66. The molecule has 1 unspecified atom stereocenters. The fourth-order valence-electron chi connectivity index (χ4n) is 3.39. The number of anilines is 1. The summed E-state index contributed by atoms with van der Waals surface area (Å²) in [4.78, 5) is 38.3. The van der Waals surface area contributed by atoms with Crippen LogP contribution in [0.5, 0.6) is 0 Å². The molecule has 3 aromatic rings. The molecule has 1 aliphatic rings. The van der Waals surface area contributed by atoms with E-state index in [9.17, 15) is 19.5 Å². The van der Waals surface area contributed by atoms with Gasteiger partial charge in [-0.3, -0.25) is 9.59 Å². The Bertz CT molecular complexity index is 1080. The minimum atomic E-state index is -0.922. The summed E-state index contributed by atoms with van der Waals surface area (Å²) >= 11 is 0. The largest absolute Gasteiger partial charge is 0.481 e. The maximum absolute atomic E-state index is 13.0. The lowest BCUT2D eigenvalue weighted by Crippen LogP contribution is -2.39. The van der Waals surface area contributed by atoms with Gasteiger partial charge in [-0.1, -0.05) is 36.4 Å².